The van der Waals surface area contributed by atoms with Crippen LogP contribution in [-0.4, -0.2) is 56.4 Å². The zero-order valence-corrected chi connectivity index (χ0v) is 16.4. The van der Waals surface area contributed by atoms with Gasteiger partial charge in [0.25, 0.3) is 5.91 Å². The summed E-state index contributed by atoms with van der Waals surface area (Å²) in [5, 5.41) is 7.08. The van der Waals surface area contributed by atoms with Crippen molar-refractivity contribution in [2.45, 2.75) is 45.6 Å². The molecule has 2 aliphatic rings. The van der Waals surface area contributed by atoms with Crippen molar-refractivity contribution in [1.29, 1.82) is 0 Å². The highest BCUT2D eigenvalue weighted by molar-refractivity contribution is 5.92. The van der Waals surface area contributed by atoms with E-state index in [-0.39, 0.29) is 17.2 Å². The van der Waals surface area contributed by atoms with E-state index in [9.17, 15) is 9.59 Å². The number of carbonyl (C=O) groups is 2. The number of piperidine rings is 2. The summed E-state index contributed by atoms with van der Waals surface area (Å²) in [6.07, 6.45) is 7.76. The fraction of sp³-hybridized carbons (Fsp3) is 0.524. The van der Waals surface area contributed by atoms with Crippen LogP contribution in [0.5, 0.6) is 0 Å². The molecule has 0 aliphatic carbocycles. The lowest BCUT2D eigenvalue weighted by Gasteiger charge is -2.47. The largest absolute Gasteiger partial charge is 0.338 e. The summed E-state index contributed by atoms with van der Waals surface area (Å²) < 4.78 is 0. The van der Waals surface area contributed by atoms with E-state index < -0.39 is 0 Å². The number of amides is 2. The van der Waals surface area contributed by atoms with Gasteiger partial charge in [-0.15, -0.1) is 0 Å². The van der Waals surface area contributed by atoms with Gasteiger partial charge in [-0.1, -0.05) is 6.92 Å². The summed E-state index contributed by atoms with van der Waals surface area (Å²) >= 11 is 0. The molecule has 28 heavy (non-hydrogen) atoms. The lowest BCUT2D eigenvalue weighted by molar-refractivity contribution is -0.139. The molecule has 0 saturated carbocycles. The molecule has 0 bridgehead atoms. The first-order valence-corrected chi connectivity index (χ1v) is 10.1. The number of aryl methyl sites for hydroxylation is 1. The maximum atomic E-state index is 12.7. The van der Waals surface area contributed by atoms with Crippen molar-refractivity contribution >= 4 is 11.8 Å². The molecule has 0 radical (unpaired) electrons. The van der Waals surface area contributed by atoms with Crippen LogP contribution in [0.2, 0.25) is 0 Å². The van der Waals surface area contributed by atoms with Gasteiger partial charge in [0, 0.05) is 50.7 Å². The zero-order valence-electron chi connectivity index (χ0n) is 16.4. The molecular formula is C21H27N5O2. The number of rotatable bonds is 4. The third-order valence-corrected chi connectivity index (χ3v) is 6.21. The van der Waals surface area contributed by atoms with Gasteiger partial charge in [-0.25, -0.2) is 0 Å². The summed E-state index contributed by atoms with van der Waals surface area (Å²) in [6, 6.07) is 5.77. The Morgan fingerprint density at radius 3 is 2.64 bits per heavy atom. The summed E-state index contributed by atoms with van der Waals surface area (Å²) in [4.78, 5) is 33.1. The number of nitrogens with zero attached hydrogens (tertiary/aromatic N) is 4. The maximum Gasteiger partial charge on any atom is 0.274 e. The number of aromatic amines is 1. The van der Waals surface area contributed by atoms with Gasteiger partial charge in [-0.05, 0) is 54.9 Å². The number of pyridine rings is 1. The van der Waals surface area contributed by atoms with Gasteiger partial charge >= 0.3 is 0 Å². The van der Waals surface area contributed by atoms with Crippen LogP contribution in [0.4, 0.5) is 0 Å². The minimum absolute atomic E-state index is 0.00586. The monoisotopic (exact) mass is 381 g/mol. The van der Waals surface area contributed by atoms with Crippen LogP contribution in [0, 0.1) is 5.41 Å². The first kappa shape index (κ1) is 18.7. The van der Waals surface area contributed by atoms with Crippen LogP contribution in [0.25, 0.3) is 0 Å². The van der Waals surface area contributed by atoms with Crippen LogP contribution in [0.3, 0.4) is 0 Å². The van der Waals surface area contributed by atoms with E-state index in [1.165, 1.54) is 0 Å². The van der Waals surface area contributed by atoms with Crippen molar-refractivity contribution in [2.75, 3.05) is 19.6 Å². The maximum absolute atomic E-state index is 12.7. The highest BCUT2D eigenvalue weighted by Crippen LogP contribution is 2.40. The molecule has 0 atom stereocenters. The summed E-state index contributed by atoms with van der Waals surface area (Å²) in [5.41, 5.74) is 2.72. The van der Waals surface area contributed by atoms with Crippen molar-refractivity contribution in [3.8, 4) is 0 Å². The summed E-state index contributed by atoms with van der Waals surface area (Å²) in [5.74, 6) is 0.232. The average Bonchev–Trinajstić information content (AvgIpc) is 3.21. The van der Waals surface area contributed by atoms with E-state index in [1.807, 2.05) is 34.9 Å². The third-order valence-electron chi connectivity index (χ3n) is 6.21. The Morgan fingerprint density at radius 1 is 1.21 bits per heavy atom. The second kappa shape index (κ2) is 7.73. The van der Waals surface area contributed by atoms with Crippen molar-refractivity contribution < 1.29 is 9.59 Å². The van der Waals surface area contributed by atoms with Gasteiger partial charge < -0.3 is 9.80 Å². The molecule has 2 aliphatic heterocycles. The van der Waals surface area contributed by atoms with Gasteiger partial charge in [-0.2, -0.15) is 5.10 Å². The van der Waals surface area contributed by atoms with Crippen molar-refractivity contribution in [3.63, 3.8) is 0 Å². The Balaban J connectivity index is 1.38. The van der Waals surface area contributed by atoms with Crippen LogP contribution >= 0.6 is 0 Å². The van der Waals surface area contributed by atoms with E-state index in [1.54, 1.807) is 12.4 Å². The predicted molar refractivity (Wildman–Crippen MR) is 104 cm³/mol. The second-order valence-corrected chi connectivity index (χ2v) is 8.03. The molecule has 0 unspecified atom stereocenters. The van der Waals surface area contributed by atoms with E-state index in [4.69, 9.17) is 0 Å². The minimum Gasteiger partial charge on any atom is -0.338 e. The third kappa shape index (κ3) is 3.79. The Bertz CT molecular complexity index is 839. The van der Waals surface area contributed by atoms with Crippen LogP contribution in [0.1, 0.15) is 54.4 Å². The summed E-state index contributed by atoms with van der Waals surface area (Å²) in [7, 11) is 0. The molecule has 4 heterocycles. The molecule has 7 heteroatoms. The fourth-order valence-electron chi connectivity index (χ4n) is 4.36. The molecule has 2 aromatic rings. The van der Waals surface area contributed by atoms with Crippen LogP contribution < -0.4 is 0 Å². The number of hydrogen-bond acceptors (Lipinski definition) is 4. The van der Waals surface area contributed by atoms with Gasteiger partial charge in [0.15, 0.2) is 0 Å². The Kier molecular flexibility index (Phi) is 5.15. The van der Waals surface area contributed by atoms with E-state index in [0.717, 1.165) is 56.6 Å². The lowest BCUT2D eigenvalue weighted by Crippen LogP contribution is -2.52. The van der Waals surface area contributed by atoms with E-state index in [0.29, 0.717) is 18.7 Å². The lowest BCUT2D eigenvalue weighted by atomic mass is 9.72. The molecule has 1 N–H and O–H groups in total. The van der Waals surface area contributed by atoms with Gasteiger partial charge in [-0.3, -0.25) is 19.7 Å². The quantitative estimate of drug-likeness (QED) is 0.882. The number of H-pyrrole nitrogens is 1. The second-order valence-electron chi connectivity index (χ2n) is 8.03. The number of nitrogens with one attached hydrogen (secondary N) is 1. The molecule has 2 amide bonds. The smallest absolute Gasteiger partial charge is 0.274 e. The van der Waals surface area contributed by atoms with Gasteiger partial charge in [0.05, 0.1) is 0 Å². The average molecular weight is 381 g/mol. The number of carbonyl (C=O) groups excluding carboxylic acids is 2. The van der Waals surface area contributed by atoms with Crippen molar-refractivity contribution in [2.24, 2.45) is 5.41 Å². The number of likely N-dealkylation sites (tertiary alicyclic amines) is 2. The Labute approximate surface area is 165 Å². The fourth-order valence-corrected chi connectivity index (χ4v) is 4.36. The molecule has 2 fully saturated rings. The molecule has 0 aromatic carbocycles. The number of aromatic nitrogens is 3. The van der Waals surface area contributed by atoms with E-state index in [2.05, 4.69) is 15.2 Å². The van der Waals surface area contributed by atoms with Crippen molar-refractivity contribution in [1.82, 2.24) is 25.0 Å². The first-order valence-electron chi connectivity index (χ1n) is 10.1. The summed E-state index contributed by atoms with van der Waals surface area (Å²) in [6.45, 7) is 4.90. The SMILES string of the molecule is CCc1cc(C(=O)N2CCC3(CCC(=O)N(Cc4ccncc4)C3)CC2)n[nH]1. The highest BCUT2D eigenvalue weighted by atomic mass is 16.2. The highest BCUT2D eigenvalue weighted by Gasteiger charge is 2.41. The van der Waals surface area contributed by atoms with Crippen LogP contribution in [0.15, 0.2) is 30.6 Å². The molecule has 2 aromatic heterocycles. The number of hydrogen-bond donors (Lipinski definition) is 1. The topological polar surface area (TPSA) is 82.2 Å². The molecular weight excluding hydrogens is 354 g/mol. The normalized spacial score (nSPS) is 19.2. The minimum atomic E-state index is 0.00586. The van der Waals surface area contributed by atoms with E-state index >= 15 is 0 Å². The molecule has 2 saturated heterocycles. The van der Waals surface area contributed by atoms with Gasteiger partial charge in [0.1, 0.15) is 5.69 Å². The Hall–Kier alpha value is -2.70. The first-order chi connectivity index (χ1) is 13.6. The van der Waals surface area contributed by atoms with Crippen molar-refractivity contribution in [3.05, 3.63) is 47.5 Å². The Morgan fingerprint density at radius 2 is 1.96 bits per heavy atom. The molecule has 7 nitrogen and oxygen atoms in total. The van der Waals surface area contributed by atoms with Crippen LogP contribution in [-0.2, 0) is 17.8 Å². The molecule has 4 rings (SSSR count). The predicted octanol–water partition coefficient (Wildman–Crippen LogP) is 2.41. The van der Waals surface area contributed by atoms with Gasteiger partial charge in [0.2, 0.25) is 5.91 Å². The zero-order chi connectivity index (χ0) is 19.6. The molecule has 148 valence electrons. The molecule has 1 spiro atoms. The standard InChI is InChI=1S/C21H27N5O2/c1-2-17-13-18(24-23-17)20(28)25-11-7-21(8-12-25)6-3-19(27)26(15-21)14-16-4-9-22-10-5-16/h4-5,9-10,13H,2-3,6-8,11-12,14-15H2,1H3,(H,23,24).